The van der Waals surface area contributed by atoms with E-state index in [1.807, 2.05) is 6.07 Å². The Balaban J connectivity index is 1.53. The number of pyridine rings is 1. The first-order valence-electron chi connectivity index (χ1n) is 14.0. The van der Waals surface area contributed by atoms with Gasteiger partial charge in [0.1, 0.15) is 0 Å². The zero-order valence-corrected chi connectivity index (χ0v) is 22.4. The SMILES string of the molecule is CCCCCCCCCCc1ccc(-c2cnc(-c3ccc(OCCCCCC)nc3)nc2)c(F)c1F. The van der Waals surface area contributed by atoms with Gasteiger partial charge in [0, 0.05) is 41.3 Å². The molecule has 0 aliphatic rings. The Morgan fingerprint density at radius 1 is 0.622 bits per heavy atom. The second-order valence-electron chi connectivity index (χ2n) is 9.71. The molecule has 4 nitrogen and oxygen atoms in total. The summed E-state index contributed by atoms with van der Waals surface area (Å²) in [6.45, 7) is 5.04. The number of unbranched alkanes of at least 4 members (excludes halogenated alkanes) is 10. The Morgan fingerprint density at radius 2 is 1.24 bits per heavy atom. The van der Waals surface area contributed by atoms with Crippen LogP contribution in [0.5, 0.6) is 5.88 Å². The second-order valence-corrected chi connectivity index (χ2v) is 9.71. The number of halogens is 2. The van der Waals surface area contributed by atoms with Gasteiger partial charge in [0.05, 0.1) is 6.61 Å². The van der Waals surface area contributed by atoms with Crippen molar-refractivity contribution in [2.75, 3.05) is 6.61 Å². The highest BCUT2D eigenvalue weighted by Gasteiger charge is 2.15. The number of ether oxygens (including phenoxy) is 1. The van der Waals surface area contributed by atoms with Gasteiger partial charge >= 0.3 is 0 Å². The van der Waals surface area contributed by atoms with E-state index in [9.17, 15) is 8.78 Å². The fraction of sp³-hybridized carbons (Fsp3) is 0.516. The van der Waals surface area contributed by atoms with Crippen molar-refractivity contribution in [3.05, 3.63) is 60.1 Å². The Bertz CT molecular complexity index is 1060. The first-order valence-corrected chi connectivity index (χ1v) is 14.0. The van der Waals surface area contributed by atoms with Crippen LogP contribution in [0.15, 0.2) is 42.9 Å². The summed E-state index contributed by atoms with van der Waals surface area (Å²) in [5, 5.41) is 0. The summed E-state index contributed by atoms with van der Waals surface area (Å²) in [5.41, 5.74) is 1.79. The third kappa shape index (κ3) is 9.17. The molecule has 0 saturated heterocycles. The molecule has 0 bridgehead atoms. The minimum atomic E-state index is -0.837. The second kappa shape index (κ2) is 16.1. The van der Waals surface area contributed by atoms with E-state index in [4.69, 9.17) is 4.74 Å². The minimum absolute atomic E-state index is 0.175. The van der Waals surface area contributed by atoms with Gasteiger partial charge in [-0.15, -0.1) is 0 Å². The molecule has 2 heterocycles. The molecule has 0 N–H and O–H groups in total. The lowest BCUT2D eigenvalue weighted by Crippen LogP contribution is -2.00. The van der Waals surface area contributed by atoms with Crippen LogP contribution >= 0.6 is 0 Å². The van der Waals surface area contributed by atoms with E-state index >= 15 is 0 Å². The average Bonchev–Trinajstić information content (AvgIpc) is 2.93. The van der Waals surface area contributed by atoms with E-state index < -0.39 is 11.6 Å². The summed E-state index contributed by atoms with van der Waals surface area (Å²) in [6, 6.07) is 6.97. The van der Waals surface area contributed by atoms with Gasteiger partial charge in [-0.2, -0.15) is 0 Å². The molecule has 3 aromatic rings. The molecule has 0 amide bonds. The fourth-order valence-corrected chi connectivity index (χ4v) is 4.37. The number of aromatic nitrogens is 3. The lowest BCUT2D eigenvalue weighted by atomic mass is 10.0. The Labute approximate surface area is 220 Å². The predicted molar refractivity (Wildman–Crippen MR) is 147 cm³/mol. The van der Waals surface area contributed by atoms with Gasteiger partial charge in [0.2, 0.25) is 5.88 Å². The van der Waals surface area contributed by atoms with Gasteiger partial charge < -0.3 is 4.74 Å². The molecule has 3 rings (SSSR count). The Hall–Kier alpha value is -2.89. The number of hydrogen-bond donors (Lipinski definition) is 0. The number of rotatable bonds is 17. The van der Waals surface area contributed by atoms with Crippen molar-refractivity contribution in [2.45, 2.75) is 97.3 Å². The summed E-state index contributed by atoms with van der Waals surface area (Å²) in [4.78, 5) is 13.0. The summed E-state index contributed by atoms with van der Waals surface area (Å²) in [5.74, 6) is -0.561. The highest BCUT2D eigenvalue weighted by atomic mass is 19.2. The third-order valence-corrected chi connectivity index (χ3v) is 6.67. The van der Waals surface area contributed by atoms with Crippen LogP contribution < -0.4 is 4.74 Å². The normalized spacial score (nSPS) is 11.1. The molecule has 6 heteroatoms. The topological polar surface area (TPSA) is 47.9 Å². The van der Waals surface area contributed by atoms with E-state index in [0.29, 0.717) is 35.9 Å². The zero-order valence-electron chi connectivity index (χ0n) is 22.4. The van der Waals surface area contributed by atoms with E-state index in [2.05, 4.69) is 28.8 Å². The summed E-state index contributed by atoms with van der Waals surface area (Å²) in [6.07, 6.45) is 19.2. The largest absolute Gasteiger partial charge is 0.478 e. The first kappa shape index (κ1) is 28.7. The van der Waals surface area contributed by atoms with Gasteiger partial charge in [-0.05, 0) is 30.9 Å². The van der Waals surface area contributed by atoms with Crippen molar-refractivity contribution < 1.29 is 13.5 Å². The van der Waals surface area contributed by atoms with E-state index in [1.54, 1.807) is 24.4 Å². The number of benzene rings is 1. The number of aryl methyl sites for hydroxylation is 1. The predicted octanol–water partition coefficient (Wildman–Crippen LogP) is 9.13. The van der Waals surface area contributed by atoms with Crippen molar-refractivity contribution in [2.24, 2.45) is 0 Å². The minimum Gasteiger partial charge on any atom is -0.478 e. The lowest BCUT2D eigenvalue weighted by molar-refractivity contribution is 0.294. The van der Waals surface area contributed by atoms with Crippen LogP contribution in [0.4, 0.5) is 8.78 Å². The van der Waals surface area contributed by atoms with Crippen LogP contribution in [0.2, 0.25) is 0 Å². The van der Waals surface area contributed by atoms with Crippen LogP contribution in [0.25, 0.3) is 22.5 Å². The van der Waals surface area contributed by atoms with E-state index in [-0.39, 0.29) is 5.56 Å². The molecule has 0 spiro atoms. The summed E-state index contributed by atoms with van der Waals surface area (Å²) >= 11 is 0. The van der Waals surface area contributed by atoms with Gasteiger partial charge in [0.25, 0.3) is 0 Å². The molecule has 0 atom stereocenters. The summed E-state index contributed by atoms with van der Waals surface area (Å²) in [7, 11) is 0. The highest BCUT2D eigenvalue weighted by molar-refractivity contribution is 5.64. The molecule has 0 fully saturated rings. The highest BCUT2D eigenvalue weighted by Crippen LogP contribution is 2.27. The molecule has 0 aliphatic heterocycles. The summed E-state index contributed by atoms with van der Waals surface area (Å²) < 4.78 is 35.3. The van der Waals surface area contributed by atoms with Gasteiger partial charge in [-0.3, -0.25) is 0 Å². The van der Waals surface area contributed by atoms with Gasteiger partial charge in [0.15, 0.2) is 17.5 Å². The fourth-order valence-electron chi connectivity index (χ4n) is 4.37. The van der Waals surface area contributed by atoms with Crippen molar-refractivity contribution in [1.82, 2.24) is 15.0 Å². The van der Waals surface area contributed by atoms with Crippen LogP contribution in [0, 0.1) is 11.6 Å². The van der Waals surface area contributed by atoms with E-state index in [1.165, 1.54) is 57.3 Å². The first-order chi connectivity index (χ1) is 18.1. The van der Waals surface area contributed by atoms with Crippen LogP contribution in [-0.4, -0.2) is 21.6 Å². The molecule has 0 aliphatic carbocycles. The average molecular weight is 510 g/mol. The van der Waals surface area contributed by atoms with Crippen molar-refractivity contribution in [3.63, 3.8) is 0 Å². The molecule has 200 valence electrons. The van der Waals surface area contributed by atoms with Crippen molar-refractivity contribution in [3.8, 4) is 28.4 Å². The van der Waals surface area contributed by atoms with Crippen LogP contribution in [-0.2, 0) is 6.42 Å². The maximum Gasteiger partial charge on any atom is 0.213 e. The molecular formula is C31H41F2N3O. The van der Waals surface area contributed by atoms with Crippen molar-refractivity contribution >= 4 is 0 Å². The van der Waals surface area contributed by atoms with E-state index in [0.717, 1.165) is 37.7 Å². The molecule has 1 aromatic carbocycles. The smallest absolute Gasteiger partial charge is 0.213 e. The van der Waals surface area contributed by atoms with Gasteiger partial charge in [-0.25, -0.2) is 23.7 Å². The Kier molecular flexibility index (Phi) is 12.4. The zero-order chi connectivity index (χ0) is 26.3. The molecule has 0 radical (unpaired) electrons. The molecule has 0 unspecified atom stereocenters. The monoisotopic (exact) mass is 509 g/mol. The third-order valence-electron chi connectivity index (χ3n) is 6.67. The lowest BCUT2D eigenvalue weighted by Gasteiger charge is -2.09. The maximum atomic E-state index is 14.9. The molecule has 0 saturated carbocycles. The molecule has 2 aromatic heterocycles. The molecule has 37 heavy (non-hydrogen) atoms. The van der Waals surface area contributed by atoms with Crippen molar-refractivity contribution in [1.29, 1.82) is 0 Å². The Morgan fingerprint density at radius 3 is 1.89 bits per heavy atom. The number of hydrogen-bond acceptors (Lipinski definition) is 4. The quantitative estimate of drug-likeness (QED) is 0.170. The van der Waals surface area contributed by atoms with Gasteiger partial charge in [-0.1, -0.05) is 90.2 Å². The standard InChI is InChI=1S/C31H41F2N3O/c1-3-5-7-9-10-11-12-13-15-24-16-18-27(30(33)29(24)32)26-22-35-31(36-23-26)25-17-19-28(34-21-25)37-20-14-8-6-4-2/h16-19,21-23H,3-15,20H2,1-2H3. The number of nitrogens with zero attached hydrogens (tertiary/aromatic N) is 3. The molecular weight excluding hydrogens is 468 g/mol. The maximum absolute atomic E-state index is 14.9. The van der Waals surface area contributed by atoms with Crippen LogP contribution in [0.3, 0.4) is 0 Å². The van der Waals surface area contributed by atoms with Crippen LogP contribution in [0.1, 0.15) is 96.5 Å².